The zero-order valence-corrected chi connectivity index (χ0v) is 22.5. The number of nitrogens with one attached hydrogen (secondary N) is 2. The molecule has 1 saturated heterocycles. The van der Waals surface area contributed by atoms with Crippen molar-refractivity contribution >= 4 is 41.2 Å². The second kappa shape index (κ2) is 13.4. The molecule has 12 nitrogen and oxygen atoms in total. The van der Waals surface area contributed by atoms with Gasteiger partial charge in [0.1, 0.15) is 18.2 Å². The molecule has 2 N–H and O–H groups in total. The number of esters is 1. The fourth-order valence-corrected chi connectivity index (χ4v) is 4.24. The summed E-state index contributed by atoms with van der Waals surface area (Å²) in [5.41, 5.74) is -0.192. The summed E-state index contributed by atoms with van der Waals surface area (Å²) in [7, 11) is 0. The molecule has 0 aliphatic carbocycles. The topological polar surface area (TPSA) is 157 Å². The van der Waals surface area contributed by atoms with Gasteiger partial charge in [-0.15, -0.1) is 0 Å². The number of rotatable bonds is 13. The summed E-state index contributed by atoms with van der Waals surface area (Å²) in [6.45, 7) is 6.32. The van der Waals surface area contributed by atoms with Crippen molar-refractivity contribution in [2.45, 2.75) is 70.9 Å². The lowest BCUT2D eigenvalue weighted by Gasteiger charge is -2.27. The normalized spacial score (nSPS) is 17.2. The molecule has 2 heterocycles. The van der Waals surface area contributed by atoms with Crippen molar-refractivity contribution in [3.8, 4) is 0 Å². The second-order valence-corrected chi connectivity index (χ2v) is 10.3. The summed E-state index contributed by atoms with van der Waals surface area (Å²) < 4.78 is 15.8. The number of hydrogen-bond donors (Lipinski definition) is 2. The molecular formula is C27H35N3O9. The van der Waals surface area contributed by atoms with Crippen molar-refractivity contribution in [3.05, 3.63) is 29.3 Å². The van der Waals surface area contributed by atoms with E-state index in [-0.39, 0.29) is 55.2 Å². The predicted molar refractivity (Wildman–Crippen MR) is 138 cm³/mol. The molecule has 0 spiro atoms. The Labute approximate surface area is 226 Å². The van der Waals surface area contributed by atoms with E-state index < -0.39 is 41.2 Å². The van der Waals surface area contributed by atoms with Gasteiger partial charge in [-0.3, -0.25) is 34.2 Å². The van der Waals surface area contributed by atoms with Gasteiger partial charge in [-0.1, -0.05) is 12.5 Å². The van der Waals surface area contributed by atoms with Crippen LogP contribution in [0.1, 0.15) is 80.0 Å². The van der Waals surface area contributed by atoms with Gasteiger partial charge in [0.25, 0.3) is 11.8 Å². The van der Waals surface area contributed by atoms with E-state index in [9.17, 15) is 28.8 Å². The highest BCUT2D eigenvalue weighted by atomic mass is 16.6. The number of imide groups is 2. The molecule has 0 radical (unpaired) electrons. The average Bonchev–Trinajstić information content (AvgIpc) is 3.10. The lowest BCUT2D eigenvalue weighted by molar-refractivity contribution is -0.160. The molecular weight excluding hydrogens is 510 g/mol. The van der Waals surface area contributed by atoms with Gasteiger partial charge in [-0.2, -0.15) is 0 Å². The van der Waals surface area contributed by atoms with Gasteiger partial charge in [0.15, 0.2) is 0 Å². The fraction of sp³-hybridized carbons (Fsp3) is 0.556. The van der Waals surface area contributed by atoms with Gasteiger partial charge in [-0.05, 0) is 52.2 Å². The minimum Gasteiger partial charge on any atom is -0.458 e. The van der Waals surface area contributed by atoms with Crippen molar-refractivity contribution in [2.75, 3.05) is 31.7 Å². The number of piperidine rings is 1. The Morgan fingerprint density at radius 2 is 1.74 bits per heavy atom. The van der Waals surface area contributed by atoms with Gasteiger partial charge in [0, 0.05) is 19.4 Å². The number of fused-ring (bicyclic) bond motifs is 1. The zero-order valence-electron chi connectivity index (χ0n) is 22.5. The van der Waals surface area contributed by atoms with Crippen molar-refractivity contribution in [1.29, 1.82) is 0 Å². The van der Waals surface area contributed by atoms with E-state index in [1.807, 2.05) is 0 Å². The quantitative estimate of drug-likeness (QED) is 0.215. The number of carbonyl (C=O) groups excluding carboxylic acids is 6. The Morgan fingerprint density at radius 3 is 2.46 bits per heavy atom. The first-order chi connectivity index (χ1) is 18.5. The third-order valence-corrected chi connectivity index (χ3v) is 5.95. The van der Waals surface area contributed by atoms with Crippen molar-refractivity contribution in [1.82, 2.24) is 10.2 Å². The minimum absolute atomic E-state index is 0.0281. The number of carbonyl (C=O) groups is 6. The molecule has 5 amide bonds. The fourth-order valence-electron chi connectivity index (χ4n) is 4.24. The Kier molecular flexibility index (Phi) is 10.3. The zero-order chi connectivity index (χ0) is 28.6. The van der Waals surface area contributed by atoms with Crippen LogP contribution < -0.4 is 10.6 Å². The van der Waals surface area contributed by atoms with Crippen LogP contribution in [0.2, 0.25) is 0 Å². The average molecular weight is 546 g/mol. The standard InChI is InChI=1S/C27H35N3O9/c1-27(2,3)39-22(33)16-38-15-14-37-13-6-4-5-10-20(31)28-18-9-7-8-17-23(18)26(36)30(25(17)35)19-11-12-21(32)29-24(19)34/h7-9,19H,4-6,10-16H2,1-3H3,(H,28,31)(H,29,32,34). The lowest BCUT2D eigenvalue weighted by atomic mass is 10.0. The molecule has 1 unspecified atom stereocenters. The molecule has 3 rings (SSSR count). The van der Waals surface area contributed by atoms with Crippen LogP contribution in [0.15, 0.2) is 18.2 Å². The first-order valence-electron chi connectivity index (χ1n) is 13.0. The van der Waals surface area contributed by atoms with Crippen molar-refractivity contribution in [2.24, 2.45) is 0 Å². The smallest absolute Gasteiger partial charge is 0.332 e. The van der Waals surface area contributed by atoms with Crippen molar-refractivity contribution < 1.29 is 43.0 Å². The maximum atomic E-state index is 13.1. The molecule has 12 heteroatoms. The van der Waals surface area contributed by atoms with Crippen LogP contribution in [-0.2, 0) is 33.4 Å². The number of unbranched alkanes of at least 4 members (excludes halogenated alkanes) is 2. The van der Waals surface area contributed by atoms with E-state index in [0.29, 0.717) is 19.6 Å². The second-order valence-electron chi connectivity index (χ2n) is 10.3. The van der Waals surface area contributed by atoms with E-state index >= 15 is 0 Å². The van der Waals surface area contributed by atoms with Crippen LogP contribution in [0.3, 0.4) is 0 Å². The maximum absolute atomic E-state index is 13.1. The lowest BCUT2D eigenvalue weighted by Crippen LogP contribution is -2.54. The van der Waals surface area contributed by atoms with Crippen LogP contribution in [0.4, 0.5) is 5.69 Å². The van der Waals surface area contributed by atoms with Crippen molar-refractivity contribution in [3.63, 3.8) is 0 Å². The Morgan fingerprint density at radius 1 is 1.00 bits per heavy atom. The number of nitrogens with zero attached hydrogens (tertiary/aromatic N) is 1. The third-order valence-electron chi connectivity index (χ3n) is 5.95. The molecule has 1 fully saturated rings. The van der Waals surface area contributed by atoms with E-state index in [0.717, 1.165) is 17.7 Å². The van der Waals surface area contributed by atoms with Gasteiger partial charge in [0.2, 0.25) is 17.7 Å². The Bertz CT molecular complexity index is 1130. The summed E-state index contributed by atoms with van der Waals surface area (Å²) in [5.74, 6) is -3.17. The van der Waals surface area contributed by atoms with E-state index in [1.54, 1.807) is 26.8 Å². The number of ether oxygens (including phenoxy) is 3. The highest BCUT2D eigenvalue weighted by Gasteiger charge is 2.45. The number of benzene rings is 1. The molecule has 0 saturated carbocycles. The molecule has 2 aliphatic heterocycles. The first kappa shape index (κ1) is 29.9. The van der Waals surface area contributed by atoms with E-state index in [1.165, 1.54) is 12.1 Å². The molecule has 1 aromatic rings. The summed E-state index contributed by atoms with van der Waals surface area (Å²) in [4.78, 5) is 74.6. The summed E-state index contributed by atoms with van der Waals surface area (Å²) >= 11 is 0. The van der Waals surface area contributed by atoms with Crippen LogP contribution in [-0.4, -0.2) is 78.5 Å². The largest absolute Gasteiger partial charge is 0.458 e. The first-order valence-corrected chi connectivity index (χ1v) is 13.0. The molecule has 0 bridgehead atoms. The Balaban J connectivity index is 1.36. The summed E-state index contributed by atoms with van der Waals surface area (Å²) in [6, 6.07) is 3.49. The monoisotopic (exact) mass is 545 g/mol. The van der Waals surface area contributed by atoms with Gasteiger partial charge in [-0.25, -0.2) is 4.79 Å². The third kappa shape index (κ3) is 8.42. The molecule has 1 aromatic carbocycles. The van der Waals surface area contributed by atoms with Crippen LogP contribution >= 0.6 is 0 Å². The SMILES string of the molecule is CC(C)(C)OC(=O)COCCOCCCCCC(=O)Nc1cccc2c1C(=O)N(C1CCC(=O)NC1=O)C2=O. The van der Waals surface area contributed by atoms with Crippen LogP contribution in [0, 0.1) is 0 Å². The van der Waals surface area contributed by atoms with E-state index in [2.05, 4.69) is 10.6 Å². The van der Waals surface area contributed by atoms with Crippen LogP contribution in [0.25, 0.3) is 0 Å². The number of hydrogen-bond acceptors (Lipinski definition) is 9. The van der Waals surface area contributed by atoms with Gasteiger partial charge >= 0.3 is 5.97 Å². The van der Waals surface area contributed by atoms with Crippen LogP contribution in [0.5, 0.6) is 0 Å². The number of amides is 5. The molecule has 0 aromatic heterocycles. The minimum atomic E-state index is -1.07. The van der Waals surface area contributed by atoms with Gasteiger partial charge in [0.05, 0.1) is 30.0 Å². The summed E-state index contributed by atoms with van der Waals surface area (Å²) in [5, 5.41) is 4.86. The maximum Gasteiger partial charge on any atom is 0.332 e. The highest BCUT2D eigenvalue weighted by Crippen LogP contribution is 2.32. The predicted octanol–water partition coefficient (Wildman–Crippen LogP) is 1.96. The highest BCUT2D eigenvalue weighted by molar-refractivity contribution is 6.26. The molecule has 212 valence electrons. The Hall–Kier alpha value is -3.64. The molecule has 2 aliphatic rings. The van der Waals surface area contributed by atoms with Gasteiger partial charge < -0.3 is 19.5 Å². The number of anilines is 1. The molecule has 39 heavy (non-hydrogen) atoms. The summed E-state index contributed by atoms with van der Waals surface area (Å²) in [6.07, 6.45) is 2.35. The van der Waals surface area contributed by atoms with E-state index in [4.69, 9.17) is 14.2 Å². The molecule has 1 atom stereocenters.